The van der Waals surface area contributed by atoms with Crippen molar-refractivity contribution >= 4 is 28.7 Å². The van der Waals surface area contributed by atoms with Gasteiger partial charge in [-0.3, -0.25) is 0 Å². The first-order valence-corrected chi connectivity index (χ1v) is 10.3. The van der Waals surface area contributed by atoms with Crippen molar-refractivity contribution in [3.05, 3.63) is 82.3 Å². The Balaban J connectivity index is 1.64. The molecule has 6 heteroatoms. The minimum Gasteiger partial charge on any atom is -0.478 e. The highest BCUT2D eigenvalue weighted by Crippen LogP contribution is 2.41. The van der Waals surface area contributed by atoms with Gasteiger partial charge in [-0.05, 0) is 60.2 Å². The number of aromatic carboxylic acids is 1. The number of aryl methyl sites for hydroxylation is 1. The number of rotatable bonds is 5. The second-order valence-corrected chi connectivity index (χ2v) is 8.20. The lowest BCUT2D eigenvalue weighted by atomic mass is 9.97. The Bertz CT molecular complexity index is 1280. The summed E-state index contributed by atoms with van der Waals surface area (Å²) in [4.78, 5) is 21.5. The van der Waals surface area contributed by atoms with Crippen molar-refractivity contribution in [3.8, 4) is 11.1 Å². The van der Waals surface area contributed by atoms with Crippen LogP contribution in [0.3, 0.4) is 0 Å². The van der Waals surface area contributed by atoms with Gasteiger partial charge in [0.05, 0.1) is 12.1 Å². The fraction of sp³-hybridized carbons (Fsp3) is 0.208. The topological polar surface area (TPSA) is 68.0 Å². The van der Waals surface area contributed by atoms with Crippen LogP contribution in [0.4, 0.5) is 0 Å². The van der Waals surface area contributed by atoms with Crippen LogP contribution in [0.2, 0.25) is 5.02 Å². The molecule has 2 aromatic heterocycles. The van der Waals surface area contributed by atoms with Crippen LogP contribution in [0.5, 0.6) is 0 Å². The second kappa shape index (κ2) is 7.26. The molecule has 0 atom stereocenters. The minimum atomic E-state index is -0.973. The number of imidazole rings is 1. The molecule has 5 rings (SSSR count). The number of pyridine rings is 1. The van der Waals surface area contributed by atoms with E-state index in [9.17, 15) is 9.90 Å². The summed E-state index contributed by atoms with van der Waals surface area (Å²) < 4.78 is 2.09. The van der Waals surface area contributed by atoms with Gasteiger partial charge in [0, 0.05) is 17.1 Å². The lowest BCUT2D eigenvalue weighted by Crippen LogP contribution is -2.08. The van der Waals surface area contributed by atoms with Crippen LogP contribution >= 0.6 is 11.6 Å². The smallest absolute Gasteiger partial charge is 0.336 e. The number of aromatic nitrogens is 3. The predicted octanol–water partition coefficient (Wildman–Crippen LogP) is 5.68. The van der Waals surface area contributed by atoms with E-state index in [0.717, 1.165) is 46.5 Å². The van der Waals surface area contributed by atoms with E-state index in [4.69, 9.17) is 16.6 Å². The summed E-state index contributed by atoms with van der Waals surface area (Å²) in [5.41, 5.74) is 5.22. The van der Waals surface area contributed by atoms with Gasteiger partial charge in [-0.15, -0.1) is 0 Å². The van der Waals surface area contributed by atoms with E-state index >= 15 is 0 Å². The average Bonchev–Trinajstić information content (AvgIpc) is 3.52. The summed E-state index contributed by atoms with van der Waals surface area (Å²) in [6.45, 7) is 2.47. The zero-order chi connectivity index (χ0) is 20.8. The maximum absolute atomic E-state index is 12.0. The Morgan fingerprint density at radius 1 is 1.20 bits per heavy atom. The lowest BCUT2D eigenvalue weighted by Gasteiger charge is -2.14. The van der Waals surface area contributed by atoms with Crippen LogP contribution in [-0.4, -0.2) is 25.6 Å². The molecule has 1 fully saturated rings. The van der Waals surface area contributed by atoms with Crippen molar-refractivity contribution in [1.29, 1.82) is 0 Å². The Labute approximate surface area is 179 Å². The van der Waals surface area contributed by atoms with Gasteiger partial charge in [-0.25, -0.2) is 14.8 Å². The number of benzene rings is 2. The van der Waals surface area contributed by atoms with Gasteiger partial charge in [-0.2, -0.15) is 0 Å². The second-order valence-electron chi connectivity index (χ2n) is 7.79. The number of hydrogen-bond acceptors (Lipinski definition) is 3. The first-order chi connectivity index (χ1) is 14.5. The van der Waals surface area contributed by atoms with Crippen LogP contribution in [0, 0.1) is 6.92 Å². The van der Waals surface area contributed by atoms with Crippen molar-refractivity contribution in [2.45, 2.75) is 32.2 Å². The van der Waals surface area contributed by atoms with E-state index in [1.54, 1.807) is 18.3 Å². The van der Waals surface area contributed by atoms with Crippen molar-refractivity contribution in [3.63, 3.8) is 0 Å². The normalized spacial score (nSPS) is 13.7. The molecule has 30 heavy (non-hydrogen) atoms. The molecule has 4 aromatic rings. The largest absolute Gasteiger partial charge is 0.478 e. The predicted molar refractivity (Wildman–Crippen MR) is 117 cm³/mol. The molecule has 2 aromatic carbocycles. The van der Waals surface area contributed by atoms with Gasteiger partial charge in [0.15, 0.2) is 5.65 Å². The molecule has 5 nitrogen and oxygen atoms in total. The summed E-state index contributed by atoms with van der Waals surface area (Å²) in [7, 11) is 0. The van der Waals surface area contributed by atoms with E-state index in [-0.39, 0.29) is 5.56 Å². The summed E-state index contributed by atoms with van der Waals surface area (Å²) in [6.07, 6.45) is 4.02. The molecule has 0 unspecified atom stereocenters. The minimum absolute atomic E-state index is 0.238. The lowest BCUT2D eigenvalue weighted by molar-refractivity contribution is 0.0697. The van der Waals surface area contributed by atoms with E-state index in [1.165, 1.54) is 0 Å². The molecule has 0 bridgehead atoms. The molecule has 150 valence electrons. The van der Waals surface area contributed by atoms with Crippen LogP contribution in [-0.2, 0) is 6.54 Å². The maximum atomic E-state index is 12.0. The van der Waals surface area contributed by atoms with Crippen LogP contribution in [0.1, 0.15) is 46.1 Å². The number of carboxylic acids is 1. The molecule has 1 N–H and O–H groups in total. The highest BCUT2D eigenvalue weighted by molar-refractivity contribution is 6.32. The van der Waals surface area contributed by atoms with Crippen molar-refractivity contribution in [1.82, 2.24) is 14.5 Å². The fourth-order valence-corrected chi connectivity index (χ4v) is 4.13. The van der Waals surface area contributed by atoms with Gasteiger partial charge < -0.3 is 9.67 Å². The first kappa shape index (κ1) is 18.8. The molecule has 1 aliphatic rings. The zero-order valence-electron chi connectivity index (χ0n) is 16.5. The Hall–Kier alpha value is -3.18. The monoisotopic (exact) mass is 417 g/mol. The molecule has 1 saturated carbocycles. The number of carboxylic acid groups (broad SMARTS) is 1. The third-order valence-corrected chi connectivity index (χ3v) is 5.99. The summed E-state index contributed by atoms with van der Waals surface area (Å²) in [6, 6.07) is 14.8. The number of fused-ring (bicyclic) bond motifs is 1. The zero-order valence-corrected chi connectivity index (χ0v) is 17.2. The quantitative estimate of drug-likeness (QED) is 0.453. The standard InChI is InChI=1S/C24H20ClN3O2/c1-14-9-10-26-23-21(14)27-22(16-7-8-16)28(23)13-17-11-19(24(29)30)18(12-20(17)25)15-5-3-2-4-6-15/h2-6,9-12,16H,7-8,13H2,1H3,(H,29,30). The van der Waals surface area contributed by atoms with Gasteiger partial charge in [0.25, 0.3) is 0 Å². The Morgan fingerprint density at radius 3 is 2.67 bits per heavy atom. The molecular formula is C24H20ClN3O2. The molecule has 2 heterocycles. The summed E-state index contributed by atoms with van der Waals surface area (Å²) in [5, 5.41) is 10.4. The molecule has 0 saturated heterocycles. The third kappa shape index (κ3) is 3.25. The van der Waals surface area contributed by atoms with Crippen molar-refractivity contribution in [2.75, 3.05) is 0 Å². The molecule has 0 aliphatic heterocycles. The number of halogens is 1. The summed E-state index contributed by atoms with van der Waals surface area (Å²) >= 11 is 6.66. The van der Waals surface area contributed by atoms with E-state index in [2.05, 4.69) is 9.55 Å². The number of nitrogens with zero attached hydrogens (tertiary/aromatic N) is 3. The molecule has 1 aliphatic carbocycles. The van der Waals surface area contributed by atoms with Crippen LogP contribution in [0.25, 0.3) is 22.3 Å². The fourth-order valence-electron chi connectivity index (χ4n) is 3.91. The number of carbonyl (C=O) groups is 1. The highest BCUT2D eigenvalue weighted by Gasteiger charge is 2.30. The Kier molecular flexibility index (Phi) is 4.55. The third-order valence-electron chi connectivity index (χ3n) is 5.64. The van der Waals surface area contributed by atoms with Crippen molar-refractivity contribution in [2.24, 2.45) is 0 Å². The van der Waals surface area contributed by atoms with Crippen molar-refractivity contribution < 1.29 is 9.90 Å². The van der Waals surface area contributed by atoms with Gasteiger partial charge in [-0.1, -0.05) is 41.9 Å². The number of hydrogen-bond donors (Lipinski definition) is 1. The van der Waals surface area contributed by atoms with Gasteiger partial charge in [0.1, 0.15) is 11.3 Å². The average molecular weight is 418 g/mol. The van der Waals surface area contributed by atoms with E-state index < -0.39 is 5.97 Å². The van der Waals surface area contributed by atoms with Gasteiger partial charge >= 0.3 is 5.97 Å². The SMILES string of the molecule is Cc1ccnc2c1nc(C1CC1)n2Cc1cc(C(=O)O)c(-c2ccccc2)cc1Cl. The Morgan fingerprint density at radius 2 is 1.97 bits per heavy atom. The summed E-state index contributed by atoms with van der Waals surface area (Å²) in [5.74, 6) is 0.463. The molecule has 0 spiro atoms. The van der Waals surface area contributed by atoms with Gasteiger partial charge in [0.2, 0.25) is 0 Å². The first-order valence-electron chi connectivity index (χ1n) is 9.96. The molecule has 0 radical (unpaired) electrons. The molecular weight excluding hydrogens is 398 g/mol. The van der Waals surface area contributed by atoms with E-state index in [1.807, 2.05) is 43.3 Å². The highest BCUT2D eigenvalue weighted by atomic mass is 35.5. The molecule has 0 amide bonds. The van der Waals surface area contributed by atoms with Crippen LogP contribution < -0.4 is 0 Å². The van der Waals surface area contributed by atoms with E-state index in [0.29, 0.717) is 23.0 Å². The maximum Gasteiger partial charge on any atom is 0.336 e. The van der Waals surface area contributed by atoms with Crippen LogP contribution in [0.15, 0.2) is 54.7 Å².